The highest BCUT2D eigenvalue weighted by Crippen LogP contribution is 2.23. The van der Waals surface area contributed by atoms with Crippen LogP contribution in [0.1, 0.15) is 34.5 Å². The van der Waals surface area contributed by atoms with E-state index in [0.717, 1.165) is 21.9 Å². The molecule has 1 unspecified atom stereocenters. The molecule has 0 radical (unpaired) electrons. The molecule has 2 N–H and O–H groups in total. The molecule has 0 aliphatic rings. The molecule has 0 bridgehead atoms. The Morgan fingerprint density at radius 1 is 0.929 bits per heavy atom. The second kappa shape index (κ2) is 8.57. The van der Waals surface area contributed by atoms with Crippen LogP contribution in [0.4, 0.5) is 4.79 Å². The van der Waals surface area contributed by atoms with Crippen LogP contribution in [0, 0.1) is 0 Å². The SMILES string of the molecule is CC(NC(=O)NCc1ccc(C(=O)N(C)C)cc1)c1cccc2ccccc12. The summed E-state index contributed by atoms with van der Waals surface area (Å²) in [5.74, 6) is -0.0406. The third-order valence-corrected chi connectivity index (χ3v) is 4.70. The third-order valence-electron chi connectivity index (χ3n) is 4.70. The molecule has 0 fully saturated rings. The first-order chi connectivity index (χ1) is 13.5. The van der Waals surface area contributed by atoms with Crippen molar-refractivity contribution in [3.8, 4) is 0 Å². The Labute approximate surface area is 165 Å². The number of benzene rings is 3. The van der Waals surface area contributed by atoms with Crippen LogP contribution >= 0.6 is 0 Å². The summed E-state index contributed by atoms with van der Waals surface area (Å²) >= 11 is 0. The molecule has 0 aliphatic heterocycles. The molecule has 5 nitrogen and oxygen atoms in total. The topological polar surface area (TPSA) is 61.4 Å². The van der Waals surface area contributed by atoms with Gasteiger partial charge < -0.3 is 15.5 Å². The van der Waals surface area contributed by atoms with E-state index in [9.17, 15) is 9.59 Å². The summed E-state index contributed by atoms with van der Waals surface area (Å²) in [4.78, 5) is 25.8. The van der Waals surface area contributed by atoms with Gasteiger partial charge in [0.2, 0.25) is 0 Å². The Morgan fingerprint density at radius 3 is 2.32 bits per heavy atom. The third kappa shape index (κ3) is 4.49. The van der Waals surface area contributed by atoms with Gasteiger partial charge in [0.1, 0.15) is 0 Å². The summed E-state index contributed by atoms with van der Waals surface area (Å²) in [5.41, 5.74) is 2.64. The summed E-state index contributed by atoms with van der Waals surface area (Å²) in [6, 6.07) is 21.2. The number of carbonyl (C=O) groups excluding carboxylic acids is 2. The van der Waals surface area contributed by atoms with Crippen molar-refractivity contribution in [1.29, 1.82) is 0 Å². The second-order valence-corrected chi connectivity index (χ2v) is 7.01. The van der Waals surface area contributed by atoms with Gasteiger partial charge in [-0.3, -0.25) is 4.79 Å². The van der Waals surface area contributed by atoms with E-state index in [0.29, 0.717) is 12.1 Å². The molecule has 144 valence electrons. The molecule has 1 atom stereocenters. The maximum atomic E-state index is 12.3. The molecule has 0 saturated heterocycles. The lowest BCUT2D eigenvalue weighted by Crippen LogP contribution is -2.36. The summed E-state index contributed by atoms with van der Waals surface area (Å²) in [7, 11) is 3.44. The van der Waals surface area contributed by atoms with Crippen LogP contribution in [-0.2, 0) is 6.54 Å². The smallest absolute Gasteiger partial charge is 0.315 e. The molecule has 5 heteroatoms. The zero-order chi connectivity index (χ0) is 20.1. The summed E-state index contributed by atoms with van der Waals surface area (Å²) in [6.45, 7) is 2.37. The van der Waals surface area contributed by atoms with Crippen LogP contribution in [0.25, 0.3) is 10.8 Å². The summed E-state index contributed by atoms with van der Waals surface area (Å²) in [5, 5.41) is 8.16. The van der Waals surface area contributed by atoms with Crippen molar-refractivity contribution >= 4 is 22.7 Å². The average molecular weight is 375 g/mol. The maximum Gasteiger partial charge on any atom is 0.315 e. The lowest BCUT2D eigenvalue weighted by molar-refractivity contribution is 0.0827. The number of amides is 3. The number of nitrogens with one attached hydrogen (secondary N) is 2. The molecule has 0 spiro atoms. The highest BCUT2D eigenvalue weighted by Gasteiger charge is 2.12. The van der Waals surface area contributed by atoms with Crippen molar-refractivity contribution in [3.05, 3.63) is 83.4 Å². The fraction of sp³-hybridized carbons (Fsp3) is 0.217. The van der Waals surface area contributed by atoms with Gasteiger partial charge in [-0.25, -0.2) is 4.79 Å². The minimum absolute atomic E-state index is 0.0406. The van der Waals surface area contributed by atoms with Crippen LogP contribution < -0.4 is 10.6 Å². The lowest BCUT2D eigenvalue weighted by atomic mass is 10.00. The van der Waals surface area contributed by atoms with E-state index in [1.54, 1.807) is 26.2 Å². The van der Waals surface area contributed by atoms with Gasteiger partial charge in [0, 0.05) is 26.2 Å². The quantitative estimate of drug-likeness (QED) is 0.705. The largest absolute Gasteiger partial charge is 0.345 e. The number of carbonyl (C=O) groups is 2. The highest BCUT2D eigenvalue weighted by atomic mass is 16.2. The normalized spacial score (nSPS) is 11.7. The molecule has 0 heterocycles. The number of rotatable bonds is 5. The minimum Gasteiger partial charge on any atom is -0.345 e. The molecule has 28 heavy (non-hydrogen) atoms. The molecule has 3 rings (SSSR count). The molecule has 0 aliphatic carbocycles. The van der Waals surface area contributed by atoms with Gasteiger partial charge in [-0.1, -0.05) is 54.6 Å². The van der Waals surface area contributed by atoms with E-state index in [4.69, 9.17) is 0 Å². The fourth-order valence-electron chi connectivity index (χ4n) is 3.16. The van der Waals surface area contributed by atoms with E-state index in [1.807, 2.05) is 43.3 Å². The van der Waals surface area contributed by atoms with Gasteiger partial charge in [0.25, 0.3) is 5.91 Å². The van der Waals surface area contributed by atoms with Crippen molar-refractivity contribution in [2.75, 3.05) is 14.1 Å². The fourth-order valence-corrected chi connectivity index (χ4v) is 3.16. The summed E-state index contributed by atoms with van der Waals surface area (Å²) in [6.07, 6.45) is 0. The maximum absolute atomic E-state index is 12.3. The number of urea groups is 1. The molecule has 3 aromatic rings. The van der Waals surface area contributed by atoms with Gasteiger partial charge in [0.05, 0.1) is 6.04 Å². The first-order valence-corrected chi connectivity index (χ1v) is 9.28. The Kier molecular flexibility index (Phi) is 5.94. The number of nitrogens with zero attached hydrogens (tertiary/aromatic N) is 1. The Hall–Kier alpha value is -3.34. The molecular weight excluding hydrogens is 350 g/mol. The second-order valence-electron chi connectivity index (χ2n) is 7.01. The van der Waals surface area contributed by atoms with E-state index in [1.165, 1.54) is 4.90 Å². The van der Waals surface area contributed by atoms with Crippen LogP contribution in [-0.4, -0.2) is 30.9 Å². The Morgan fingerprint density at radius 2 is 1.61 bits per heavy atom. The van der Waals surface area contributed by atoms with E-state index < -0.39 is 0 Å². The first-order valence-electron chi connectivity index (χ1n) is 9.28. The Balaban J connectivity index is 1.59. The molecule has 0 saturated carbocycles. The van der Waals surface area contributed by atoms with E-state index >= 15 is 0 Å². The number of hydrogen-bond donors (Lipinski definition) is 2. The van der Waals surface area contributed by atoms with E-state index in [2.05, 4.69) is 28.8 Å². The predicted molar refractivity (Wildman–Crippen MR) is 112 cm³/mol. The number of fused-ring (bicyclic) bond motifs is 1. The van der Waals surface area contributed by atoms with Gasteiger partial charge in [-0.15, -0.1) is 0 Å². The van der Waals surface area contributed by atoms with Crippen LogP contribution in [0.5, 0.6) is 0 Å². The Bertz CT molecular complexity index is 975. The predicted octanol–water partition coefficient (Wildman–Crippen LogP) is 4.10. The summed E-state index contributed by atoms with van der Waals surface area (Å²) < 4.78 is 0. The average Bonchev–Trinajstić information content (AvgIpc) is 2.71. The standard InChI is InChI=1S/C23H25N3O2/c1-16(20-10-6-8-18-7-4-5-9-21(18)20)25-23(28)24-15-17-11-13-19(14-12-17)22(27)26(2)3/h4-14,16H,15H2,1-3H3,(H2,24,25,28). The highest BCUT2D eigenvalue weighted by molar-refractivity contribution is 5.93. The molecule has 3 amide bonds. The van der Waals surface area contributed by atoms with Crippen molar-refractivity contribution in [1.82, 2.24) is 15.5 Å². The van der Waals surface area contributed by atoms with Crippen molar-refractivity contribution in [2.45, 2.75) is 19.5 Å². The van der Waals surface area contributed by atoms with Crippen LogP contribution in [0.2, 0.25) is 0 Å². The van der Waals surface area contributed by atoms with Gasteiger partial charge in [-0.2, -0.15) is 0 Å². The van der Waals surface area contributed by atoms with Gasteiger partial charge in [0.15, 0.2) is 0 Å². The molecule has 3 aromatic carbocycles. The molecule has 0 aromatic heterocycles. The van der Waals surface area contributed by atoms with Crippen LogP contribution in [0.15, 0.2) is 66.7 Å². The minimum atomic E-state index is -0.228. The van der Waals surface area contributed by atoms with Crippen molar-refractivity contribution < 1.29 is 9.59 Å². The zero-order valence-corrected chi connectivity index (χ0v) is 16.4. The zero-order valence-electron chi connectivity index (χ0n) is 16.4. The number of hydrogen-bond acceptors (Lipinski definition) is 2. The molecular formula is C23H25N3O2. The van der Waals surface area contributed by atoms with Gasteiger partial charge in [-0.05, 0) is 41.0 Å². The van der Waals surface area contributed by atoms with E-state index in [-0.39, 0.29) is 18.0 Å². The lowest BCUT2D eigenvalue weighted by Gasteiger charge is -2.17. The van der Waals surface area contributed by atoms with Crippen molar-refractivity contribution in [3.63, 3.8) is 0 Å². The van der Waals surface area contributed by atoms with Crippen LogP contribution in [0.3, 0.4) is 0 Å². The first kappa shape index (κ1) is 19.4. The monoisotopic (exact) mass is 375 g/mol. The van der Waals surface area contributed by atoms with Crippen molar-refractivity contribution in [2.24, 2.45) is 0 Å². The van der Waals surface area contributed by atoms with Gasteiger partial charge >= 0.3 is 6.03 Å².